The molecular weight excluding hydrogens is 348 g/mol. The van der Waals surface area contributed by atoms with Gasteiger partial charge in [0.1, 0.15) is 11.5 Å². The normalized spacial score (nSPS) is 14.5. The highest BCUT2D eigenvalue weighted by atomic mass is 16.5. The van der Waals surface area contributed by atoms with E-state index in [2.05, 4.69) is 5.32 Å². The van der Waals surface area contributed by atoms with Crippen molar-refractivity contribution in [2.75, 3.05) is 19.6 Å². The van der Waals surface area contributed by atoms with Gasteiger partial charge in [-0.3, -0.25) is 14.4 Å². The van der Waals surface area contributed by atoms with E-state index in [1.54, 1.807) is 29.2 Å². The molecule has 0 bridgehead atoms. The average molecular weight is 374 g/mol. The number of nitrogens with zero attached hydrogens (tertiary/aromatic N) is 1. The summed E-state index contributed by atoms with van der Waals surface area (Å²) in [6.07, 6.45) is 2.11. The standard InChI is InChI=1S/C20H26N2O5/c1-14(23)6-7-19(25)21-13-16-8-10-22(11-9-16)20(26)17-4-3-5-18(12-17)27-15(2)24/h3-5,12,16H,6-11,13H2,1-2H3,(H,21,25). The molecule has 146 valence electrons. The van der Waals surface area contributed by atoms with Crippen molar-refractivity contribution in [3.05, 3.63) is 29.8 Å². The fourth-order valence-corrected chi connectivity index (χ4v) is 3.02. The van der Waals surface area contributed by atoms with Crippen LogP contribution in [0, 0.1) is 5.92 Å². The maximum Gasteiger partial charge on any atom is 0.308 e. The third-order valence-corrected chi connectivity index (χ3v) is 4.54. The average Bonchev–Trinajstić information content (AvgIpc) is 2.64. The molecule has 1 fully saturated rings. The van der Waals surface area contributed by atoms with Crippen LogP contribution in [-0.4, -0.2) is 48.1 Å². The number of esters is 1. The SMILES string of the molecule is CC(=O)CCC(=O)NCC1CCN(C(=O)c2cccc(OC(C)=O)c2)CC1. The summed E-state index contributed by atoms with van der Waals surface area (Å²) in [5, 5.41) is 2.87. The Morgan fingerprint density at radius 1 is 1.11 bits per heavy atom. The van der Waals surface area contributed by atoms with Gasteiger partial charge in [-0.25, -0.2) is 0 Å². The summed E-state index contributed by atoms with van der Waals surface area (Å²) in [4.78, 5) is 48.1. The van der Waals surface area contributed by atoms with Gasteiger partial charge in [-0.1, -0.05) is 6.07 Å². The van der Waals surface area contributed by atoms with Gasteiger partial charge in [0.05, 0.1) is 0 Å². The smallest absolute Gasteiger partial charge is 0.308 e. The highest BCUT2D eigenvalue weighted by Gasteiger charge is 2.24. The Morgan fingerprint density at radius 3 is 2.44 bits per heavy atom. The van der Waals surface area contributed by atoms with Crippen LogP contribution >= 0.6 is 0 Å². The van der Waals surface area contributed by atoms with Crippen LogP contribution in [-0.2, 0) is 14.4 Å². The second-order valence-corrected chi connectivity index (χ2v) is 6.86. The molecule has 1 heterocycles. The van der Waals surface area contributed by atoms with Crippen molar-refractivity contribution >= 4 is 23.6 Å². The van der Waals surface area contributed by atoms with E-state index in [1.807, 2.05) is 0 Å². The van der Waals surface area contributed by atoms with Crippen molar-refractivity contribution in [2.45, 2.75) is 39.5 Å². The number of carbonyl (C=O) groups is 4. The number of ether oxygens (including phenoxy) is 1. The molecular formula is C20H26N2O5. The van der Waals surface area contributed by atoms with Crippen molar-refractivity contribution in [1.82, 2.24) is 10.2 Å². The van der Waals surface area contributed by atoms with E-state index in [-0.39, 0.29) is 30.4 Å². The molecule has 1 aromatic carbocycles. The second-order valence-electron chi connectivity index (χ2n) is 6.86. The highest BCUT2D eigenvalue weighted by molar-refractivity contribution is 5.94. The molecule has 7 heteroatoms. The minimum Gasteiger partial charge on any atom is -0.427 e. The monoisotopic (exact) mass is 374 g/mol. The zero-order valence-electron chi connectivity index (χ0n) is 15.8. The second kappa shape index (κ2) is 9.85. The van der Waals surface area contributed by atoms with Gasteiger partial charge >= 0.3 is 5.97 Å². The maximum absolute atomic E-state index is 12.6. The number of amides is 2. The van der Waals surface area contributed by atoms with Crippen molar-refractivity contribution in [2.24, 2.45) is 5.92 Å². The number of ketones is 1. The number of piperidine rings is 1. The Balaban J connectivity index is 1.79. The first-order valence-electron chi connectivity index (χ1n) is 9.19. The zero-order chi connectivity index (χ0) is 19.8. The first kappa shape index (κ1) is 20.6. The molecule has 2 rings (SSSR count). The number of likely N-dealkylation sites (tertiary alicyclic amines) is 1. The minimum atomic E-state index is -0.425. The van der Waals surface area contributed by atoms with Crippen molar-refractivity contribution in [1.29, 1.82) is 0 Å². The van der Waals surface area contributed by atoms with Crippen molar-refractivity contribution < 1.29 is 23.9 Å². The van der Waals surface area contributed by atoms with E-state index in [4.69, 9.17) is 4.74 Å². The Bertz CT molecular complexity index is 708. The summed E-state index contributed by atoms with van der Waals surface area (Å²) in [5.41, 5.74) is 0.490. The van der Waals surface area contributed by atoms with Gasteiger partial charge in [-0.05, 0) is 43.9 Å². The lowest BCUT2D eigenvalue weighted by Gasteiger charge is -2.32. The maximum atomic E-state index is 12.6. The minimum absolute atomic E-state index is 0.00902. The largest absolute Gasteiger partial charge is 0.427 e. The van der Waals surface area contributed by atoms with Crippen LogP contribution in [0.25, 0.3) is 0 Å². The summed E-state index contributed by atoms with van der Waals surface area (Å²) in [7, 11) is 0. The first-order valence-corrected chi connectivity index (χ1v) is 9.19. The lowest BCUT2D eigenvalue weighted by molar-refractivity contribution is -0.132. The molecule has 1 aliphatic rings. The van der Waals surface area contributed by atoms with E-state index in [9.17, 15) is 19.2 Å². The van der Waals surface area contributed by atoms with Crippen molar-refractivity contribution in [3.63, 3.8) is 0 Å². The van der Waals surface area contributed by atoms with Gasteiger partial charge < -0.3 is 19.7 Å². The number of hydrogen-bond acceptors (Lipinski definition) is 5. The molecule has 27 heavy (non-hydrogen) atoms. The molecule has 0 atom stereocenters. The first-order chi connectivity index (χ1) is 12.8. The molecule has 0 aliphatic carbocycles. The molecule has 7 nitrogen and oxygen atoms in total. The molecule has 0 radical (unpaired) electrons. The summed E-state index contributed by atoms with van der Waals surface area (Å²) < 4.78 is 5.03. The third kappa shape index (κ3) is 6.84. The third-order valence-electron chi connectivity index (χ3n) is 4.54. The number of rotatable bonds is 7. The van der Waals surface area contributed by atoms with E-state index in [1.165, 1.54) is 13.8 Å². The molecule has 1 aromatic rings. The Labute approximate surface area is 159 Å². The van der Waals surface area contributed by atoms with Crippen LogP contribution < -0.4 is 10.1 Å². The summed E-state index contributed by atoms with van der Waals surface area (Å²) in [6.45, 7) is 4.59. The van der Waals surface area contributed by atoms with Crippen LogP contribution in [0.5, 0.6) is 5.75 Å². The topological polar surface area (TPSA) is 92.8 Å². The van der Waals surface area contributed by atoms with Gasteiger partial charge in [0.25, 0.3) is 5.91 Å². The summed E-state index contributed by atoms with van der Waals surface area (Å²) in [5.74, 6) is 0.0682. The lowest BCUT2D eigenvalue weighted by atomic mass is 9.96. The Kier molecular flexibility index (Phi) is 7.52. The van der Waals surface area contributed by atoms with Gasteiger partial charge in [0.2, 0.25) is 5.91 Å². The lowest BCUT2D eigenvalue weighted by Crippen LogP contribution is -2.41. The highest BCUT2D eigenvalue weighted by Crippen LogP contribution is 2.20. The predicted octanol–water partition coefficient (Wildman–Crippen LogP) is 1.95. The molecule has 2 amide bonds. The number of carbonyl (C=O) groups excluding carboxylic acids is 4. The van der Waals surface area contributed by atoms with Crippen molar-refractivity contribution in [3.8, 4) is 5.75 Å². The molecule has 1 N–H and O–H groups in total. The molecule has 1 aliphatic heterocycles. The van der Waals surface area contributed by atoms with E-state index >= 15 is 0 Å². The van der Waals surface area contributed by atoms with E-state index in [0.29, 0.717) is 36.9 Å². The number of hydrogen-bond donors (Lipinski definition) is 1. The van der Waals surface area contributed by atoms with Gasteiger partial charge in [-0.15, -0.1) is 0 Å². The molecule has 0 aromatic heterocycles. The van der Waals surface area contributed by atoms with Gasteiger partial charge in [-0.2, -0.15) is 0 Å². The Morgan fingerprint density at radius 2 is 1.81 bits per heavy atom. The van der Waals surface area contributed by atoms with Gasteiger partial charge in [0, 0.05) is 45.0 Å². The van der Waals surface area contributed by atoms with Gasteiger partial charge in [0.15, 0.2) is 0 Å². The quantitative estimate of drug-likeness (QED) is 0.582. The molecule has 0 spiro atoms. The molecule has 0 saturated carbocycles. The van der Waals surface area contributed by atoms with Crippen LogP contribution in [0.15, 0.2) is 24.3 Å². The summed E-state index contributed by atoms with van der Waals surface area (Å²) in [6, 6.07) is 6.61. The fraction of sp³-hybridized carbons (Fsp3) is 0.500. The van der Waals surface area contributed by atoms with Crippen LogP contribution in [0.1, 0.15) is 49.9 Å². The summed E-state index contributed by atoms with van der Waals surface area (Å²) >= 11 is 0. The molecule has 1 saturated heterocycles. The number of nitrogens with one attached hydrogen (secondary N) is 1. The predicted molar refractivity (Wildman–Crippen MR) is 99.3 cm³/mol. The van der Waals surface area contributed by atoms with Crippen LogP contribution in [0.3, 0.4) is 0 Å². The van der Waals surface area contributed by atoms with E-state index in [0.717, 1.165) is 12.8 Å². The van der Waals surface area contributed by atoms with Crippen LogP contribution in [0.2, 0.25) is 0 Å². The van der Waals surface area contributed by atoms with Crippen LogP contribution in [0.4, 0.5) is 0 Å². The molecule has 0 unspecified atom stereocenters. The number of benzene rings is 1. The zero-order valence-corrected chi connectivity index (χ0v) is 15.8. The Hall–Kier alpha value is -2.70. The van der Waals surface area contributed by atoms with E-state index < -0.39 is 5.97 Å². The fourth-order valence-electron chi connectivity index (χ4n) is 3.02. The number of Topliss-reactive ketones (excluding diaryl/α,β-unsaturated/α-hetero) is 1.